The summed E-state index contributed by atoms with van der Waals surface area (Å²) in [4.78, 5) is 29.2. The Morgan fingerprint density at radius 1 is 0.966 bits per heavy atom. The maximum atomic E-state index is 13.9. The molecule has 0 aliphatic carbocycles. The van der Waals surface area contributed by atoms with Gasteiger partial charge in [-0.2, -0.15) is 0 Å². The van der Waals surface area contributed by atoms with E-state index < -0.39 is 0 Å². The molecule has 5 nitrogen and oxygen atoms in total. The second-order valence-corrected chi connectivity index (χ2v) is 8.44. The minimum absolute atomic E-state index is 0.163. The van der Waals surface area contributed by atoms with E-state index in [-0.39, 0.29) is 5.91 Å². The minimum Gasteiger partial charge on any atom is -0.333 e. The summed E-state index contributed by atoms with van der Waals surface area (Å²) in [5, 5.41) is 0.934. The fraction of sp³-hybridized carbons (Fsp3) is 0.417. The summed E-state index contributed by atoms with van der Waals surface area (Å²) >= 11 is 0. The molecule has 0 saturated carbocycles. The number of aryl methyl sites for hydroxylation is 1. The number of benzene rings is 1. The number of piperidine rings is 1. The first-order valence-electron chi connectivity index (χ1n) is 10.7. The van der Waals surface area contributed by atoms with Crippen LogP contribution in [0.5, 0.6) is 0 Å². The number of amides is 1. The predicted octanol–water partition coefficient (Wildman–Crippen LogP) is 4.94. The maximum absolute atomic E-state index is 13.9. The van der Waals surface area contributed by atoms with Crippen molar-refractivity contribution < 1.29 is 4.79 Å². The van der Waals surface area contributed by atoms with Gasteiger partial charge in [0.05, 0.1) is 16.8 Å². The predicted molar refractivity (Wildman–Crippen MR) is 114 cm³/mol. The molecule has 3 aromatic rings. The van der Waals surface area contributed by atoms with E-state index in [9.17, 15) is 4.79 Å². The molecular weight excluding hydrogens is 360 g/mol. The van der Waals surface area contributed by atoms with Crippen LogP contribution in [-0.4, -0.2) is 37.8 Å². The summed E-state index contributed by atoms with van der Waals surface area (Å²) < 4.78 is 0. The van der Waals surface area contributed by atoms with Crippen molar-refractivity contribution in [3.8, 4) is 11.3 Å². The fourth-order valence-corrected chi connectivity index (χ4v) is 5.06. The van der Waals surface area contributed by atoms with Crippen LogP contribution in [0.4, 0.5) is 0 Å². The summed E-state index contributed by atoms with van der Waals surface area (Å²) in [5.74, 6) is 0.163. The third-order valence-corrected chi connectivity index (χ3v) is 6.47. The van der Waals surface area contributed by atoms with Crippen molar-refractivity contribution in [2.45, 2.75) is 64.0 Å². The highest BCUT2D eigenvalue weighted by molar-refractivity contribution is 6.07. The Labute approximate surface area is 171 Å². The maximum Gasteiger partial charge on any atom is 0.255 e. The summed E-state index contributed by atoms with van der Waals surface area (Å²) in [6.45, 7) is 2.06. The summed E-state index contributed by atoms with van der Waals surface area (Å²) in [5.41, 5.74) is 4.34. The molecule has 2 aliphatic heterocycles. The highest BCUT2D eigenvalue weighted by Crippen LogP contribution is 2.35. The topological polar surface area (TPSA) is 59.0 Å². The molecule has 0 N–H and O–H groups in total. The zero-order valence-electron chi connectivity index (χ0n) is 16.8. The van der Waals surface area contributed by atoms with Gasteiger partial charge in [0.25, 0.3) is 5.91 Å². The van der Waals surface area contributed by atoms with E-state index in [1.165, 1.54) is 25.6 Å². The van der Waals surface area contributed by atoms with Crippen LogP contribution in [0.3, 0.4) is 0 Å². The molecule has 2 aliphatic rings. The molecule has 0 spiro atoms. The monoisotopic (exact) mass is 386 g/mol. The van der Waals surface area contributed by atoms with Gasteiger partial charge in [0.1, 0.15) is 6.33 Å². The van der Waals surface area contributed by atoms with Crippen LogP contribution >= 0.6 is 0 Å². The average Bonchev–Trinajstić information content (AvgIpc) is 2.87. The van der Waals surface area contributed by atoms with Crippen LogP contribution in [0.1, 0.15) is 60.9 Å². The number of hydrogen-bond acceptors (Lipinski definition) is 4. The fourth-order valence-electron chi connectivity index (χ4n) is 5.06. The van der Waals surface area contributed by atoms with E-state index in [1.807, 2.05) is 12.1 Å². The van der Waals surface area contributed by atoms with E-state index >= 15 is 0 Å². The summed E-state index contributed by atoms with van der Waals surface area (Å²) in [6, 6.07) is 8.86. The lowest BCUT2D eigenvalue weighted by atomic mass is 9.92. The van der Waals surface area contributed by atoms with Gasteiger partial charge >= 0.3 is 0 Å². The Bertz CT molecular complexity index is 1040. The standard InChI is InChI=1S/C24H26N4O/c1-16-9-10-20-21(12-22(27-23(20)11-16)17-13-25-15-26-14-17)24(29)28-18-5-2-3-6-19(28)8-4-7-18/h9-15,18-19H,2-8H2,1H3. The lowest BCUT2D eigenvalue weighted by Crippen LogP contribution is -2.49. The molecule has 148 valence electrons. The van der Waals surface area contributed by atoms with Gasteiger partial charge in [-0.3, -0.25) is 4.79 Å². The van der Waals surface area contributed by atoms with Crippen LogP contribution in [0.15, 0.2) is 43.0 Å². The summed E-state index contributed by atoms with van der Waals surface area (Å²) in [7, 11) is 0. The molecular formula is C24H26N4O. The number of rotatable bonds is 2. The second-order valence-electron chi connectivity index (χ2n) is 8.44. The van der Waals surface area contributed by atoms with Gasteiger partial charge < -0.3 is 4.90 Å². The quantitative estimate of drug-likeness (QED) is 0.626. The molecule has 5 rings (SSSR count). The molecule has 2 bridgehead atoms. The average molecular weight is 386 g/mol. The van der Waals surface area contributed by atoms with Gasteiger partial charge in [-0.05, 0) is 56.7 Å². The number of carbonyl (C=O) groups is 1. The van der Waals surface area contributed by atoms with E-state index in [0.29, 0.717) is 12.1 Å². The molecule has 4 heterocycles. The van der Waals surface area contributed by atoms with E-state index in [4.69, 9.17) is 4.98 Å². The van der Waals surface area contributed by atoms with Gasteiger partial charge in [-0.1, -0.05) is 25.0 Å². The Morgan fingerprint density at radius 3 is 2.38 bits per heavy atom. The molecule has 29 heavy (non-hydrogen) atoms. The zero-order chi connectivity index (χ0) is 19.8. The summed E-state index contributed by atoms with van der Waals surface area (Å²) in [6.07, 6.45) is 13.2. The van der Waals surface area contributed by atoms with E-state index in [2.05, 4.69) is 33.9 Å². The number of aromatic nitrogens is 3. The van der Waals surface area contributed by atoms with Crippen molar-refractivity contribution in [1.82, 2.24) is 19.9 Å². The number of nitrogens with zero attached hydrogens (tertiary/aromatic N) is 4. The number of carbonyl (C=O) groups excluding carboxylic acids is 1. The Morgan fingerprint density at radius 2 is 1.66 bits per heavy atom. The van der Waals surface area contributed by atoms with Gasteiger partial charge in [-0.25, -0.2) is 15.0 Å². The zero-order valence-corrected chi connectivity index (χ0v) is 16.8. The van der Waals surface area contributed by atoms with E-state index in [0.717, 1.165) is 59.0 Å². The number of hydrogen-bond donors (Lipinski definition) is 0. The lowest BCUT2D eigenvalue weighted by molar-refractivity contribution is 0.0462. The molecule has 5 heteroatoms. The molecule has 2 fully saturated rings. The highest BCUT2D eigenvalue weighted by Gasteiger charge is 2.36. The van der Waals surface area contributed by atoms with Crippen LogP contribution in [0, 0.1) is 6.92 Å². The van der Waals surface area contributed by atoms with Crippen LogP contribution in [0.2, 0.25) is 0 Å². The first kappa shape index (κ1) is 18.2. The van der Waals surface area contributed by atoms with Gasteiger partial charge in [0.2, 0.25) is 0 Å². The van der Waals surface area contributed by atoms with Crippen molar-refractivity contribution in [3.63, 3.8) is 0 Å². The first-order chi connectivity index (χ1) is 14.2. The van der Waals surface area contributed by atoms with Gasteiger partial charge in [-0.15, -0.1) is 0 Å². The van der Waals surface area contributed by atoms with Crippen molar-refractivity contribution in [2.75, 3.05) is 0 Å². The Hall–Kier alpha value is -2.82. The largest absolute Gasteiger partial charge is 0.333 e. The second kappa shape index (κ2) is 7.54. The van der Waals surface area contributed by atoms with Gasteiger partial charge in [0, 0.05) is 35.4 Å². The molecule has 1 amide bonds. The normalized spacial score (nSPS) is 21.8. The molecule has 1 aromatic carbocycles. The molecule has 2 aromatic heterocycles. The first-order valence-corrected chi connectivity index (χ1v) is 10.7. The van der Waals surface area contributed by atoms with E-state index in [1.54, 1.807) is 12.4 Å². The Balaban J connectivity index is 1.66. The molecule has 2 unspecified atom stereocenters. The van der Waals surface area contributed by atoms with Crippen LogP contribution < -0.4 is 0 Å². The van der Waals surface area contributed by atoms with Crippen molar-refractivity contribution in [3.05, 3.63) is 54.1 Å². The Kier molecular flexibility index (Phi) is 4.74. The minimum atomic E-state index is 0.163. The highest BCUT2D eigenvalue weighted by atomic mass is 16.2. The molecule has 2 atom stereocenters. The van der Waals surface area contributed by atoms with Crippen LogP contribution in [-0.2, 0) is 0 Å². The van der Waals surface area contributed by atoms with Crippen molar-refractivity contribution >= 4 is 16.8 Å². The van der Waals surface area contributed by atoms with Crippen molar-refractivity contribution in [1.29, 1.82) is 0 Å². The number of fused-ring (bicyclic) bond motifs is 3. The lowest BCUT2D eigenvalue weighted by Gasteiger charge is -2.41. The van der Waals surface area contributed by atoms with Crippen molar-refractivity contribution in [2.24, 2.45) is 0 Å². The molecule has 2 saturated heterocycles. The van der Waals surface area contributed by atoms with Crippen LogP contribution in [0.25, 0.3) is 22.2 Å². The smallest absolute Gasteiger partial charge is 0.255 e. The SMILES string of the molecule is Cc1ccc2c(C(=O)N3C4CCCCC3CCC4)cc(-c3cncnc3)nc2c1. The number of pyridine rings is 1. The third-order valence-electron chi connectivity index (χ3n) is 6.47. The van der Waals surface area contributed by atoms with Gasteiger partial charge in [0.15, 0.2) is 0 Å². The molecule has 0 radical (unpaired) electrons. The third kappa shape index (κ3) is 3.39.